The maximum absolute atomic E-state index is 13.0. The van der Waals surface area contributed by atoms with Crippen molar-refractivity contribution in [3.05, 3.63) is 71.3 Å². The van der Waals surface area contributed by atoms with Gasteiger partial charge in [-0.05, 0) is 23.1 Å². The molecule has 2 aliphatic heterocycles. The molecule has 132 valence electrons. The molecule has 2 aliphatic rings. The number of nitrogens with one attached hydrogen (secondary N) is 1. The summed E-state index contributed by atoms with van der Waals surface area (Å²) in [6, 6.07) is 18.0. The summed E-state index contributed by atoms with van der Waals surface area (Å²) in [5.74, 6) is -1.26. The van der Waals surface area contributed by atoms with Gasteiger partial charge in [-0.25, -0.2) is 0 Å². The van der Waals surface area contributed by atoms with Gasteiger partial charge in [0.25, 0.3) is 0 Å². The molecule has 1 N–H and O–H groups in total. The van der Waals surface area contributed by atoms with E-state index in [1.807, 2.05) is 47.4 Å². The summed E-state index contributed by atoms with van der Waals surface area (Å²) in [6.07, 6.45) is 0.967. The molecule has 5 heteroatoms. The van der Waals surface area contributed by atoms with E-state index in [0.717, 1.165) is 17.5 Å². The fourth-order valence-corrected chi connectivity index (χ4v) is 3.93. The summed E-state index contributed by atoms with van der Waals surface area (Å²) in [5.41, 5.74) is 3.43. The molecule has 2 aromatic rings. The van der Waals surface area contributed by atoms with Crippen LogP contribution in [-0.2, 0) is 20.8 Å². The Labute approximate surface area is 152 Å². The van der Waals surface area contributed by atoms with Crippen molar-refractivity contribution in [2.24, 2.45) is 5.92 Å². The molecule has 2 aromatic carbocycles. The average Bonchev–Trinajstić information content (AvgIpc) is 2.98. The van der Waals surface area contributed by atoms with Crippen LogP contribution in [0.4, 0.5) is 0 Å². The second-order valence-electron chi connectivity index (χ2n) is 6.87. The SMILES string of the molecule is O=C1CC(CC(=O)N2CCc3ccccc3[C@H]2c2ccccc2)C(=O)N1. The normalized spacial score (nSPS) is 22.1. The Morgan fingerprint density at radius 2 is 1.77 bits per heavy atom. The Morgan fingerprint density at radius 3 is 2.50 bits per heavy atom. The van der Waals surface area contributed by atoms with E-state index in [1.165, 1.54) is 5.56 Å². The van der Waals surface area contributed by atoms with Gasteiger partial charge in [-0.2, -0.15) is 0 Å². The maximum atomic E-state index is 13.0. The Morgan fingerprint density at radius 1 is 1.04 bits per heavy atom. The highest BCUT2D eigenvalue weighted by atomic mass is 16.2. The molecule has 5 nitrogen and oxygen atoms in total. The standard InChI is InChI=1S/C21H20N2O3/c24-18-12-16(21(26)22-18)13-19(25)23-11-10-14-6-4-5-9-17(14)20(23)15-7-2-1-3-8-15/h1-9,16,20H,10-13H2,(H,22,24,26)/t16?,20-/m1/s1. The Bertz CT molecular complexity index is 863. The minimum absolute atomic E-state index is 0.0725. The lowest BCUT2D eigenvalue weighted by Gasteiger charge is -2.38. The van der Waals surface area contributed by atoms with E-state index in [2.05, 4.69) is 17.4 Å². The van der Waals surface area contributed by atoms with Gasteiger partial charge in [0, 0.05) is 19.4 Å². The summed E-state index contributed by atoms with van der Waals surface area (Å²) in [4.78, 5) is 38.2. The molecule has 0 aromatic heterocycles. The van der Waals surface area contributed by atoms with Gasteiger partial charge in [-0.15, -0.1) is 0 Å². The first-order chi connectivity index (χ1) is 12.6. The maximum Gasteiger partial charge on any atom is 0.230 e. The zero-order valence-corrected chi connectivity index (χ0v) is 14.4. The second kappa shape index (κ2) is 6.75. The molecule has 2 heterocycles. The van der Waals surface area contributed by atoms with Crippen LogP contribution >= 0.6 is 0 Å². The molecule has 1 unspecified atom stereocenters. The highest BCUT2D eigenvalue weighted by molar-refractivity contribution is 6.04. The number of amides is 3. The highest BCUT2D eigenvalue weighted by Crippen LogP contribution is 2.36. The van der Waals surface area contributed by atoms with Crippen molar-refractivity contribution < 1.29 is 14.4 Å². The van der Waals surface area contributed by atoms with Crippen molar-refractivity contribution in [3.8, 4) is 0 Å². The lowest BCUT2D eigenvalue weighted by atomic mass is 9.87. The van der Waals surface area contributed by atoms with Crippen LogP contribution in [0.15, 0.2) is 54.6 Å². The summed E-state index contributed by atoms with van der Waals surface area (Å²) >= 11 is 0. The number of carbonyl (C=O) groups excluding carboxylic acids is 3. The van der Waals surface area contributed by atoms with Crippen molar-refractivity contribution in [3.63, 3.8) is 0 Å². The van der Waals surface area contributed by atoms with Crippen molar-refractivity contribution >= 4 is 17.7 Å². The summed E-state index contributed by atoms with van der Waals surface area (Å²) in [7, 11) is 0. The molecule has 3 amide bonds. The molecule has 26 heavy (non-hydrogen) atoms. The number of fused-ring (bicyclic) bond motifs is 1. The van der Waals surface area contributed by atoms with Crippen molar-refractivity contribution in [2.75, 3.05) is 6.54 Å². The molecule has 1 fully saturated rings. The number of hydrogen-bond acceptors (Lipinski definition) is 3. The van der Waals surface area contributed by atoms with E-state index < -0.39 is 5.92 Å². The fourth-order valence-electron chi connectivity index (χ4n) is 3.93. The van der Waals surface area contributed by atoms with Gasteiger partial charge >= 0.3 is 0 Å². The second-order valence-corrected chi connectivity index (χ2v) is 6.87. The topological polar surface area (TPSA) is 66.5 Å². The van der Waals surface area contributed by atoms with Crippen LogP contribution in [-0.4, -0.2) is 29.2 Å². The van der Waals surface area contributed by atoms with Crippen LogP contribution in [0.1, 0.15) is 35.6 Å². The van der Waals surface area contributed by atoms with E-state index in [4.69, 9.17) is 0 Å². The van der Waals surface area contributed by atoms with Crippen LogP contribution in [0, 0.1) is 5.92 Å². The number of rotatable bonds is 3. The van der Waals surface area contributed by atoms with Gasteiger partial charge in [0.1, 0.15) is 0 Å². The number of hydrogen-bond donors (Lipinski definition) is 1. The molecule has 0 bridgehead atoms. The average molecular weight is 348 g/mol. The largest absolute Gasteiger partial charge is 0.331 e. The smallest absolute Gasteiger partial charge is 0.230 e. The van der Waals surface area contributed by atoms with Gasteiger partial charge in [-0.1, -0.05) is 54.6 Å². The van der Waals surface area contributed by atoms with E-state index in [1.54, 1.807) is 0 Å². The zero-order valence-electron chi connectivity index (χ0n) is 14.4. The van der Waals surface area contributed by atoms with E-state index in [-0.39, 0.29) is 36.6 Å². The minimum Gasteiger partial charge on any atom is -0.331 e. The Balaban J connectivity index is 1.65. The van der Waals surface area contributed by atoms with E-state index >= 15 is 0 Å². The van der Waals surface area contributed by atoms with Crippen molar-refractivity contribution in [1.29, 1.82) is 0 Å². The third kappa shape index (κ3) is 3.01. The molecule has 0 saturated carbocycles. The molecular weight excluding hydrogens is 328 g/mol. The molecule has 0 aliphatic carbocycles. The lowest BCUT2D eigenvalue weighted by molar-refractivity contribution is -0.137. The number of imide groups is 1. The van der Waals surface area contributed by atoms with Crippen molar-refractivity contribution in [2.45, 2.75) is 25.3 Å². The molecular formula is C21H20N2O3. The number of nitrogens with zero attached hydrogens (tertiary/aromatic N) is 1. The van der Waals surface area contributed by atoms with Gasteiger partial charge in [-0.3, -0.25) is 19.7 Å². The van der Waals surface area contributed by atoms with Crippen LogP contribution in [0.3, 0.4) is 0 Å². The van der Waals surface area contributed by atoms with E-state index in [0.29, 0.717) is 6.54 Å². The lowest BCUT2D eigenvalue weighted by Crippen LogP contribution is -2.41. The van der Waals surface area contributed by atoms with Gasteiger partial charge in [0.2, 0.25) is 17.7 Å². The summed E-state index contributed by atoms with van der Waals surface area (Å²) < 4.78 is 0. The predicted octanol–water partition coefficient (Wildman–Crippen LogP) is 2.21. The van der Waals surface area contributed by atoms with Gasteiger partial charge in [0.05, 0.1) is 12.0 Å². The van der Waals surface area contributed by atoms with Crippen LogP contribution in [0.5, 0.6) is 0 Å². The monoisotopic (exact) mass is 348 g/mol. The highest BCUT2D eigenvalue weighted by Gasteiger charge is 2.37. The first kappa shape index (κ1) is 16.5. The summed E-state index contributed by atoms with van der Waals surface area (Å²) in [5, 5.41) is 2.29. The Hall–Kier alpha value is -2.95. The third-order valence-corrected chi connectivity index (χ3v) is 5.21. The van der Waals surface area contributed by atoms with Gasteiger partial charge < -0.3 is 4.90 Å². The quantitative estimate of drug-likeness (QED) is 0.865. The zero-order chi connectivity index (χ0) is 18.1. The van der Waals surface area contributed by atoms with Crippen LogP contribution in [0.25, 0.3) is 0 Å². The number of carbonyl (C=O) groups is 3. The van der Waals surface area contributed by atoms with Crippen LogP contribution in [0.2, 0.25) is 0 Å². The first-order valence-electron chi connectivity index (χ1n) is 8.89. The summed E-state index contributed by atoms with van der Waals surface area (Å²) in [6.45, 7) is 0.609. The third-order valence-electron chi connectivity index (χ3n) is 5.21. The van der Waals surface area contributed by atoms with Crippen LogP contribution < -0.4 is 5.32 Å². The fraction of sp³-hybridized carbons (Fsp3) is 0.286. The Kier molecular flexibility index (Phi) is 4.29. The van der Waals surface area contributed by atoms with E-state index in [9.17, 15) is 14.4 Å². The van der Waals surface area contributed by atoms with Crippen molar-refractivity contribution in [1.82, 2.24) is 10.2 Å². The molecule has 0 spiro atoms. The van der Waals surface area contributed by atoms with Gasteiger partial charge in [0.15, 0.2) is 0 Å². The molecule has 4 rings (SSSR count). The minimum atomic E-state index is -0.552. The number of benzene rings is 2. The molecule has 1 saturated heterocycles. The molecule has 0 radical (unpaired) electrons. The predicted molar refractivity (Wildman–Crippen MR) is 96.0 cm³/mol. The first-order valence-corrected chi connectivity index (χ1v) is 8.89. The molecule has 2 atom stereocenters.